The van der Waals surface area contributed by atoms with Gasteiger partial charge >= 0.3 is 0 Å². The van der Waals surface area contributed by atoms with Gasteiger partial charge in [0.15, 0.2) is 11.6 Å². The molecule has 8 atom stereocenters. The van der Waals surface area contributed by atoms with E-state index in [9.17, 15) is 14.4 Å². The predicted octanol–water partition coefficient (Wildman–Crippen LogP) is 6.79. The van der Waals surface area contributed by atoms with Gasteiger partial charge in [0.05, 0.1) is 12.0 Å². The Hall–Kier alpha value is -2.22. The van der Waals surface area contributed by atoms with Crippen LogP contribution in [0.1, 0.15) is 99.3 Å². The molecule has 6 rings (SSSR count). The lowest BCUT2D eigenvalue weighted by molar-refractivity contribution is -0.183. The van der Waals surface area contributed by atoms with E-state index in [1.54, 1.807) is 0 Å². The second kappa shape index (κ2) is 8.40. The van der Waals surface area contributed by atoms with Crippen LogP contribution >= 0.6 is 0 Å². The van der Waals surface area contributed by atoms with Crippen LogP contribution in [0.4, 0.5) is 0 Å². The molecule has 39 heavy (non-hydrogen) atoms. The van der Waals surface area contributed by atoms with E-state index in [2.05, 4.69) is 44.4 Å². The zero-order valence-corrected chi connectivity index (χ0v) is 24.9. The van der Waals surface area contributed by atoms with Crippen LogP contribution < -0.4 is 0 Å². The molecule has 5 heteroatoms. The number of allylic oxidation sites excluding steroid dienone is 4. The average molecular weight is 531 g/mol. The van der Waals surface area contributed by atoms with Crippen LogP contribution in [0.2, 0.25) is 0 Å². The predicted molar refractivity (Wildman–Crippen MR) is 151 cm³/mol. The molecular weight excluding hydrogens is 484 g/mol. The molecule has 0 spiro atoms. The highest BCUT2D eigenvalue weighted by atomic mass is 16.2. The van der Waals surface area contributed by atoms with Crippen molar-refractivity contribution in [3.8, 4) is 0 Å². The Kier molecular flexibility index (Phi) is 5.81. The van der Waals surface area contributed by atoms with E-state index in [1.165, 1.54) is 0 Å². The summed E-state index contributed by atoms with van der Waals surface area (Å²) in [6, 6.07) is 0. The maximum atomic E-state index is 14.5. The van der Waals surface area contributed by atoms with Gasteiger partial charge in [-0.25, -0.2) is 4.85 Å². The van der Waals surface area contributed by atoms with Crippen LogP contribution in [0.3, 0.4) is 0 Å². The Balaban J connectivity index is 1.49. The third-order valence-corrected chi connectivity index (χ3v) is 13.3. The molecule has 1 saturated heterocycles. The highest BCUT2D eigenvalue weighted by molar-refractivity contribution is 6.01. The molecule has 1 amide bonds. The Morgan fingerprint density at radius 2 is 1.64 bits per heavy atom. The largest absolute Gasteiger partial charge is 0.342 e. The van der Waals surface area contributed by atoms with Crippen LogP contribution in [-0.4, -0.2) is 35.5 Å². The molecule has 5 aliphatic carbocycles. The first-order valence-electron chi connectivity index (χ1n) is 15.4. The van der Waals surface area contributed by atoms with Crippen molar-refractivity contribution in [1.29, 1.82) is 0 Å². The van der Waals surface area contributed by atoms with E-state index in [4.69, 9.17) is 6.57 Å². The third kappa shape index (κ3) is 3.39. The quantitative estimate of drug-likeness (QED) is 0.351. The van der Waals surface area contributed by atoms with Gasteiger partial charge in [-0.15, -0.1) is 0 Å². The summed E-state index contributed by atoms with van der Waals surface area (Å²) in [6.07, 6.45) is 12.5. The van der Waals surface area contributed by atoms with E-state index in [1.807, 2.05) is 19.1 Å². The van der Waals surface area contributed by atoms with Crippen LogP contribution in [-0.2, 0) is 14.4 Å². The van der Waals surface area contributed by atoms with Crippen molar-refractivity contribution in [3.05, 3.63) is 34.8 Å². The van der Waals surface area contributed by atoms with Crippen molar-refractivity contribution < 1.29 is 14.4 Å². The minimum Gasteiger partial charge on any atom is -0.342 e. The van der Waals surface area contributed by atoms with Crippen molar-refractivity contribution >= 4 is 17.5 Å². The van der Waals surface area contributed by atoms with Crippen molar-refractivity contribution in [2.75, 3.05) is 13.1 Å². The zero-order valence-electron chi connectivity index (χ0n) is 24.9. The molecule has 0 aromatic carbocycles. The lowest BCUT2D eigenvalue weighted by Crippen LogP contribution is -2.66. The normalized spacial score (nSPS) is 46.6. The molecule has 1 heterocycles. The van der Waals surface area contributed by atoms with Gasteiger partial charge in [-0.05, 0) is 91.9 Å². The zero-order chi connectivity index (χ0) is 28.2. The number of carbonyl (C=O) groups is 3. The molecule has 210 valence electrons. The summed E-state index contributed by atoms with van der Waals surface area (Å²) in [5, 5.41) is 0. The van der Waals surface area contributed by atoms with Crippen LogP contribution in [0.5, 0.6) is 0 Å². The van der Waals surface area contributed by atoms with Gasteiger partial charge in [0, 0.05) is 30.3 Å². The van der Waals surface area contributed by atoms with Gasteiger partial charge in [0.2, 0.25) is 11.6 Å². The number of carbonyl (C=O) groups excluding carboxylic acids is 3. The number of amides is 1. The standard InChI is InChI=1S/C34H46N2O3/c1-21-22-10-11-32(5)26(31(22,4)20-24(35-7)28(21)38)18-25(37)27-23-19-30(2,3)12-14-34(23,15-13-33(27,32)6)29(39)36-16-8-9-17-36/h18,20-23,27H,8-17,19H2,1-6H3/t21-,22-,23-,27-,31-,32+,33+,34-/m0/s1. The maximum absolute atomic E-state index is 14.5. The minimum atomic E-state index is -0.477. The molecule has 0 bridgehead atoms. The van der Waals surface area contributed by atoms with E-state index >= 15 is 0 Å². The number of Topliss-reactive ketones (excluding diaryl/α,β-unsaturated/α-hetero) is 1. The first kappa shape index (κ1) is 27.0. The van der Waals surface area contributed by atoms with Gasteiger partial charge in [-0.2, -0.15) is 0 Å². The summed E-state index contributed by atoms with van der Waals surface area (Å²) in [4.78, 5) is 47.6. The number of hydrogen-bond donors (Lipinski definition) is 0. The van der Waals surface area contributed by atoms with Crippen LogP contribution in [0.15, 0.2) is 23.4 Å². The van der Waals surface area contributed by atoms with E-state index in [0.29, 0.717) is 5.91 Å². The topological polar surface area (TPSA) is 58.8 Å². The smallest absolute Gasteiger partial charge is 0.229 e. The SMILES string of the molecule is [C-]#[N+]C1=C[C@]2(C)C3=CC(=O)[C@@H]4[C@@H]5CC(C)(C)CC[C@]5(C(=O)N5CCCC5)CC[C@@]4(C)[C@]3(C)CC[C@H]2[C@H](C)C1=O. The molecule has 6 aliphatic rings. The molecule has 0 unspecified atom stereocenters. The summed E-state index contributed by atoms with van der Waals surface area (Å²) in [5.41, 5.74) is 0.111. The molecule has 3 saturated carbocycles. The van der Waals surface area contributed by atoms with Crippen LogP contribution in [0.25, 0.3) is 4.85 Å². The van der Waals surface area contributed by atoms with Crippen molar-refractivity contribution in [1.82, 2.24) is 4.90 Å². The Labute approximate surface area is 234 Å². The lowest BCUT2D eigenvalue weighted by atomic mass is 9.35. The molecule has 1 aliphatic heterocycles. The van der Waals surface area contributed by atoms with Crippen molar-refractivity contribution in [3.63, 3.8) is 0 Å². The minimum absolute atomic E-state index is 0.0461. The number of rotatable bonds is 1. The summed E-state index contributed by atoms with van der Waals surface area (Å²) in [5.74, 6) is 0.253. The van der Waals surface area contributed by atoms with E-state index < -0.39 is 10.8 Å². The highest BCUT2D eigenvalue weighted by Gasteiger charge is 2.70. The number of hydrogen-bond acceptors (Lipinski definition) is 3. The summed E-state index contributed by atoms with van der Waals surface area (Å²) < 4.78 is 0. The Morgan fingerprint density at radius 3 is 2.31 bits per heavy atom. The van der Waals surface area contributed by atoms with Gasteiger partial charge in [-0.1, -0.05) is 53.2 Å². The second-order valence-corrected chi connectivity index (χ2v) is 15.5. The van der Waals surface area contributed by atoms with E-state index in [0.717, 1.165) is 76.5 Å². The molecule has 0 aromatic rings. The fraction of sp³-hybridized carbons (Fsp3) is 0.765. The Bertz CT molecular complexity index is 1250. The fourth-order valence-corrected chi connectivity index (χ4v) is 10.8. The molecular formula is C34H46N2O3. The molecule has 0 aromatic heterocycles. The number of ketones is 2. The molecule has 0 N–H and O–H groups in total. The Morgan fingerprint density at radius 1 is 0.974 bits per heavy atom. The fourth-order valence-electron chi connectivity index (χ4n) is 10.8. The van der Waals surface area contributed by atoms with Crippen molar-refractivity contribution in [2.45, 2.75) is 99.3 Å². The summed E-state index contributed by atoms with van der Waals surface area (Å²) in [6.45, 7) is 23.0. The lowest BCUT2D eigenvalue weighted by Gasteiger charge is -2.68. The van der Waals surface area contributed by atoms with Crippen LogP contribution in [0, 0.1) is 57.3 Å². The third-order valence-electron chi connectivity index (χ3n) is 13.3. The molecule has 4 fully saturated rings. The average Bonchev–Trinajstić information content (AvgIpc) is 3.42. The molecule has 0 radical (unpaired) electrons. The summed E-state index contributed by atoms with van der Waals surface area (Å²) in [7, 11) is 0. The number of nitrogens with zero attached hydrogens (tertiary/aromatic N) is 2. The number of likely N-dealkylation sites (tertiary alicyclic amines) is 1. The number of fused-ring (bicyclic) bond motifs is 7. The maximum Gasteiger partial charge on any atom is 0.229 e. The second-order valence-electron chi connectivity index (χ2n) is 15.5. The van der Waals surface area contributed by atoms with Gasteiger partial charge in [-0.3, -0.25) is 9.59 Å². The molecule has 5 nitrogen and oxygen atoms in total. The van der Waals surface area contributed by atoms with E-state index in [-0.39, 0.29) is 57.2 Å². The first-order valence-corrected chi connectivity index (χ1v) is 15.4. The van der Waals surface area contributed by atoms with Gasteiger partial charge in [0.1, 0.15) is 0 Å². The first-order chi connectivity index (χ1) is 18.2. The monoisotopic (exact) mass is 530 g/mol. The summed E-state index contributed by atoms with van der Waals surface area (Å²) >= 11 is 0. The van der Waals surface area contributed by atoms with Gasteiger partial charge < -0.3 is 9.69 Å². The highest BCUT2D eigenvalue weighted by Crippen LogP contribution is 2.74. The van der Waals surface area contributed by atoms with Crippen molar-refractivity contribution in [2.24, 2.45) is 50.7 Å². The van der Waals surface area contributed by atoms with Gasteiger partial charge in [0.25, 0.3) is 0 Å².